The second-order valence-corrected chi connectivity index (χ2v) is 6.40. The van der Waals surface area contributed by atoms with Crippen LogP contribution in [0.2, 0.25) is 0 Å². The molecular formula is C15H19N3O2S. The molecule has 21 heavy (non-hydrogen) atoms. The average Bonchev–Trinajstić information content (AvgIpc) is 3.17. The molecule has 0 unspecified atom stereocenters. The van der Waals surface area contributed by atoms with Crippen molar-refractivity contribution in [1.82, 2.24) is 15.0 Å². The predicted molar refractivity (Wildman–Crippen MR) is 80.3 cm³/mol. The molecule has 1 amide bonds. The molecule has 0 N–H and O–H groups in total. The number of amides is 1. The van der Waals surface area contributed by atoms with Gasteiger partial charge in [-0.2, -0.15) is 4.98 Å². The Hall–Kier alpha value is -1.69. The Balaban J connectivity index is 1.58. The fourth-order valence-corrected chi connectivity index (χ4v) is 3.31. The molecule has 1 aliphatic rings. The molecule has 0 radical (unpaired) electrons. The SMILES string of the molecule is CCCc1noc([C@H]2CC(=O)N(CCc3cccs3)C2)n1. The quantitative estimate of drug-likeness (QED) is 0.823. The van der Waals surface area contributed by atoms with Crippen molar-refractivity contribution >= 4 is 17.2 Å². The van der Waals surface area contributed by atoms with E-state index >= 15 is 0 Å². The van der Waals surface area contributed by atoms with Crippen LogP contribution in [0, 0.1) is 0 Å². The van der Waals surface area contributed by atoms with Gasteiger partial charge in [-0.15, -0.1) is 11.3 Å². The summed E-state index contributed by atoms with van der Waals surface area (Å²) in [6.45, 7) is 3.55. The van der Waals surface area contributed by atoms with Gasteiger partial charge in [0.1, 0.15) is 0 Å². The maximum absolute atomic E-state index is 12.1. The summed E-state index contributed by atoms with van der Waals surface area (Å²) in [5.74, 6) is 1.60. The third-order valence-electron chi connectivity index (χ3n) is 3.73. The molecule has 1 atom stereocenters. The lowest BCUT2D eigenvalue weighted by atomic mass is 10.1. The van der Waals surface area contributed by atoms with E-state index in [0.717, 1.165) is 31.6 Å². The van der Waals surface area contributed by atoms with E-state index in [9.17, 15) is 4.79 Å². The largest absolute Gasteiger partial charge is 0.342 e. The van der Waals surface area contributed by atoms with Gasteiger partial charge in [0.25, 0.3) is 0 Å². The number of nitrogens with zero attached hydrogens (tertiary/aromatic N) is 3. The van der Waals surface area contributed by atoms with Crippen molar-refractivity contribution in [2.45, 2.75) is 38.5 Å². The standard InChI is InChI=1S/C15H19N3O2S/c1-2-4-13-16-15(20-17-13)11-9-14(19)18(10-11)7-6-12-5-3-8-21-12/h3,5,8,11H,2,4,6-7,9-10H2,1H3/t11-/m0/s1. The number of thiophene rings is 1. The molecule has 1 fully saturated rings. The maximum atomic E-state index is 12.1. The van der Waals surface area contributed by atoms with Crippen molar-refractivity contribution in [1.29, 1.82) is 0 Å². The van der Waals surface area contributed by atoms with E-state index in [-0.39, 0.29) is 11.8 Å². The van der Waals surface area contributed by atoms with Gasteiger partial charge in [-0.05, 0) is 24.3 Å². The third kappa shape index (κ3) is 3.32. The van der Waals surface area contributed by atoms with Gasteiger partial charge in [0, 0.05) is 30.8 Å². The third-order valence-corrected chi connectivity index (χ3v) is 4.67. The van der Waals surface area contributed by atoms with Crippen molar-refractivity contribution < 1.29 is 9.32 Å². The van der Waals surface area contributed by atoms with Gasteiger partial charge in [0.2, 0.25) is 11.8 Å². The van der Waals surface area contributed by atoms with Crippen LogP contribution in [-0.4, -0.2) is 34.0 Å². The maximum Gasteiger partial charge on any atom is 0.232 e. The molecule has 0 aromatic carbocycles. The number of carbonyl (C=O) groups excluding carboxylic acids is 1. The first kappa shape index (κ1) is 14.3. The molecule has 3 heterocycles. The summed E-state index contributed by atoms with van der Waals surface area (Å²) in [5.41, 5.74) is 0. The summed E-state index contributed by atoms with van der Waals surface area (Å²) < 4.78 is 5.31. The summed E-state index contributed by atoms with van der Waals surface area (Å²) in [6.07, 6.45) is 3.22. The van der Waals surface area contributed by atoms with Crippen LogP contribution in [-0.2, 0) is 17.6 Å². The van der Waals surface area contributed by atoms with Crippen molar-refractivity contribution in [3.63, 3.8) is 0 Å². The Morgan fingerprint density at radius 1 is 1.48 bits per heavy atom. The fraction of sp³-hybridized carbons (Fsp3) is 0.533. The van der Waals surface area contributed by atoms with Crippen LogP contribution in [0.5, 0.6) is 0 Å². The first-order valence-corrected chi connectivity index (χ1v) is 8.27. The van der Waals surface area contributed by atoms with Gasteiger partial charge in [-0.1, -0.05) is 18.1 Å². The highest BCUT2D eigenvalue weighted by molar-refractivity contribution is 7.09. The zero-order chi connectivity index (χ0) is 14.7. The molecule has 0 bridgehead atoms. The van der Waals surface area contributed by atoms with Gasteiger partial charge < -0.3 is 9.42 Å². The lowest BCUT2D eigenvalue weighted by Gasteiger charge is -2.15. The minimum absolute atomic E-state index is 0.0546. The molecule has 2 aromatic heterocycles. The number of rotatable bonds is 6. The van der Waals surface area contributed by atoms with Gasteiger partial charge in [-0.3, -0.25) is 4.79 Å². The van der Waals surface area contributed by atoms with Crippen LogP contribution >= 0.6 is 11.3 Å². The minimum Gasteiger partial charge on any atom is -0.342 e. The molecule has 5 nitrogen and oxygen atoms in total. The van der Waals surface area contributed by atoms with Crippen LogP contribution < -0.4 is 0 Å². The highest BCUT2D eigenvalue weighted by Crippen LogP contribution is 2.27. The highest BCUT2D eigenvalue weighted by atomic mass is 32.1. The zero-order valence-corrected chi connectivity index (χ0v) is 12.9. The Morgan fingerprint density at radius 2 is 2.38 bits per heavy atom. The minimum atomic E-state index is 0.0546. The van der Waals surface area contributed by atoms with E-state index < -0.39 is 0 Å². The molecule has 2 aromatic rings. The van der Waals surface area contributed by atoms with E-state index in [1.807, 2.05) is 11.0 Å². The van der Waals surface area contributed by atoms with E-state index in [4.69, 9.17) is 4.52 Å². The molecule has 0 saturated carbocycles. The number of carbonyl (C=O) groups is 1. The van der Waals surface area contributed by atoms with Crippen molar-refractivity contribution in [2.75, 3.05) is 13.1 Å². The summed E-state index contributed by atoms with van der Waals surface area (Å²) in [6, 6.07) is 4.15. The smallest absolute Gasteiger partial charge is 0.232 e. The van der Waals surface area contributed by atoms with E-state index in [1.165, 1.54) is 4.88 Å². The Bertz CT molecular complexity index is 594. The predicted octanol–water partition coefficient (Wildman–Crippen LogP) is 2.64. The fourth-order valence-electron chi connectivity index (χ4n) is 2.61. The Kier molecular flexibility index (Phi) is 4.34. The van der Waals surface area contributed by atoms with Crippen LogP contribution in [0.1, 0.15) is 42.3 Å². The molecule has 3 rings (SSSR count). The number of aromatic nitrogens is 2. The summed E-state index contributed by atoms with van der Waals surface area (Å²) >= 11 is 1.73. The first-order valence-electron chi connectivity index (χ1n) is 7.39. The molecular weight excluding hydrogens is 286 g/mol. The molecule has 6 heteroatoms. The molecule has 0 aliphatic carbocycles. The van der Waals surface area contributed by atoms with E-state index in [2.05, 4.69) is 28.5 Å². The molecule has 1 aliphatic heterocycles. The number of hydrogen-bond donors (Lipinski definition) is 0. The van der Waals surface area contributed by atoms with E-state index in [1.54, 1.807) is 11.3 Å². The highest BCUT2D eigenvalue weighted by Gasteiger charge is 2.33. The van der Waals surface area contributed by atoms with Crippen LogP contribution in [0.4, 0.5) is 0 Å². The Labute approximate surface area is 128 Å². The number of hydrogen-bond acceptors (Lipinski definition) is 5. The summed E-state index contributed by atoms with van der Waals surface area (Å²) in [4.78, 5) is 19.7. The summed E-state index contributed by atoms with van der Waals surface area (Å²) in [5, 5.41) is 6.04. The van der Waals surface area contributed by atoms with Crippen molar-refractivity contribution in [2.24, 2.45) is 0 Å². The molecule has 1 saturated heterocycles. The number of aryl methyl sites for hydroxylation is 1. The summed E-state index contributed by atoms with van der Waals surface area (Å²) in [7, 11) is 0. The second kappa shape index (κ2) is 6.39. The number of likely N-dealkylation sites (tertiary alicyclic amines) is 1. The lowest BCUT2D eigenvalue weighted by Crippen LogP contribution is -2.27. The van der Waals surface area contributed by atoms with Gasteiger partial charge in [0.05, 0.1) is 5.92 Å². The Morgan fingerprint density at radius 3 is 3.14 bits per heavy atom. The molecule has 0 spiro atoms. The first-order chi connectivity index (χ1) is 10.3. The van der Waals surface area contributed by atoms with Crippen LogP contribution in [0.25, 0.3) is 0 Å². The topological polar surface area (TPSA) is 59.2 Å². The van der Waals surface area contributed by atoms with Crippen molar-refractivity contribution in [3.8, 4) is 0 Å². The molecule has 112 valence electrons. The van der Waals surface area contributed by atoms with Crippen molar-refractivity contribution in [3.05, 3.63) is 34.1 Å². The normalized spacial score (nSPS) is 18.6. The van der Waals surface area contributed by atoms with E-state index in [0.29, 0.717) is 18.9 Å². The monoisotopic (exact) mass is 305 g/mol. The van der Waals surface area contributed by atoms with Gasteiger partial charge in [0.15, 0.2) is 5.82 Å². The zero-order valence-electron chi connectivity index (χ0n) is 12.1. The van der Waals surface area contributed by atoms with Crippen LogP contribution in [0.3, 0.4) is 0 Å². The van der Waals surface area contributed by atoms with Crippen LogP contribution in [0.15, 0.2) is 22.0 Å². The van der Waals surface area contributed by atoms with Gasteiger partial charge in [-0.25, -0.2) is 0 Å². The lowest BCUT2D eigenvalue weighted by molar-refractivity contribution is -0.127. The van der Waals surface area contributed by atoms with Gasteiger partial charge >= 0.3 is 0 Å². The second-order valence-electron chi connectivity index (χ2n) is 5.37. The average molecular weight is 305 g/mol.